The SMILES string of the molecule is CN(CC1NCCc2ccccc21)C1CCC1. The van der Waals surface area contributed by atoms with Gasteiger partial charge in [-0.15, -0.1) is 0 Å². The van der Waals surface area contributed by atoms with Gasteiger partial charge in [-0.2, -0.15) is 0 Å². The maximum Gasteiger partial charge on any atom is 0.0452 e. The summed E-state index contributed by atoms with van der Waals surface area (Å²) >= 11 is 0. The van der Waals surface area contributed by atoms with Gasteiger partial charge in [-0.1, -0.05) is 30.7 Å². The Morgan fingerprint density at radius 2 is 2.12 bits per heavy atom. The summed E-state index contributed by atoms with van der Waals surface area (Å²) in [6, 6.07) is 10.3. The van der Waals surface area contributed by atoms with Crippen LogP contribution in [0.15, 0.2) is 24.3 Å². The second kappa shape index (κ2) is 4.79. The fourth-order valence-corrected chi connectivity index (χ4v) is 3.02. The molecule has 17 heavy (non-hydrogen) atoms. The molecule has 0 radical (unpaired) electrons. The predicted octanol–water partition coefficient (Wildman–Crippen LogP) is 2.36. The lowest BCUT2D eigenvalue weighted by molar-refractivity contribution is 0.144. The van der Waals surface area contributed by atoms with Crippen LogP contribution in [0.1, 0.15) is 36.4 Å². The lowest BCUT2D eigenvalue weighted by atomic mass is 9.90. The molecule has 1 unspecified atom stereocenters. The van der Waals surface area contributed by atoms with Crippen LogP contribution in [0, 0.1) is 0 Å². The van der Waals surface area contributed by atoms with Crippen molar-refractivity contribution in [3.05, 3.63) is 35.4 Å². The van der Waals surface area contributed by atoms with Crippen molar-refractivity contribution >= 4 is 0 Å². The fourth-order valence-electron chi connectivity index (χ4n) is 3.02. The van der Waals surface area contributed by atoms with Crippen LogP contribution in [0.25, 0.3) is 0 Å². The molecule has 1 atom stereocenters. The van der Waals surface area contributed by atoms with E-state index in [0.717, 1.165) is 19.1 Å². The van der Waals surface area contributed by atoms with E-state index >= 15 is 0 Å². The Labute approximate surface area is 104 Å². The number of hydrogen-bond acceptors (Lipinski definition) is 2. The van der Waals surface area contributed by atoms with Crippen LogP contribution in [0.3, 0.4) is 0 Å². The lowest BCUT2D eigenvalue weighted by Crippen LogP contribution is -2.44. The van der Waals surface area contributed by atoms with Gasteiger partial charge >= 0.3 is 0 Å². The summed E-state index contributed by atoms with van der Waals surface area (Å²) in [6.45, 7) is 2.28. The average molecular weight is 230 g/mol. The minimum atomic E-state index is 0.533. The van der Waals surface area contributed by atoms with Crippen LogP contribution < -0.4 is 5.32 Å². The third-order valence-corrected chi connectivity index (χ3v) is 4.38. The second-order valence-electron chi connectivity index (χ2n) is 5.48. The van der Waals surface area contributed by atoms with Crippen molar-refractivity contribution in [2.45, 2.75) is 37.8 Å². The lowest BCUT2D eigenvalue weighted by Gasteiger charge is -2.38. The maximum atomic E-state index is 3.67. The van der Waals surface area contributed by atoms with E-state index < -0.39 is 0 Å². The van der Waals surface area contributed by atoms with E-state index in [1.165, 1.54) is 31.2 Å². The summed E-state index contributed by atoms with van der Waals surface area (Å²) in [5, 5.41) is 3.67. The zero-order valence-electron chi connectivity index (χ0n) is 10.7. The Morgan fingerprint density at radius 1 is 1.29 bits per heavy atom. The summed E-state index contributed by atoms with van der Waals surface area (Å²) in [5.41, 5.74) is 3.06. The average Bonchev–Trinajstić information content (AvgIpc) is 2.27. The van der Waals surface area contributed by atoms with Gasteiger partial charge in [0.25, 0.3) is 0 Å². The van der Waals surface area contributed by atoms with E-state index in [0.29, 0.717) is 6.04 Å². The quantitative estimate of drug-likeness (QED) is 0.857. The molecule has 1 heterocycles. The molecule has 0 saturated heterocycles. The molecule has 0 amide bonds. The van der Waals surface area contributed by atoms with Crippen molar-refractivity contribution in [1.82, 2.24) is 10.2 Å². The number of benzene rings is 1. The first-order chi connectivity index (χ1) is 8.34. The third-order valence-electron chi connectivity index (χ3n) is 4.38. The molecular weight excluding hydrogens is 208 g/mol. The fraction of sp³-hybridized carbons (Fsp3) is 0.600. The number of likely N-dealkylation sites (N-methyl/N-ethyl adjacent to an activating group) is 1. The van der Waals surface area contributed by atoms with E-state index in [1.54, 1.807) is 5.56 Å². The van der Waals surface area contributed by atoms with Gasteiger partial charge in [0.05, 0.1) is 0 Å². The highest BCUT2D eigenvalue weighted by Crippen LogP contribution is 2.28. The second-order valence-corrected chi connectivity index (χ2v) is 5.48. The van der Waals surface area contributed by atoms with E-state index in [9.17, 15) is 0 Å². The molecule has 0 spiro atoms. The van der Waals surface area contributed by atoms with Gasteiger partial charge in [0.1, 0.15) is 0 Å². The molecule has 1 N–H and O–H groups in total. The number of nitrogens with zero attached hydrogens (tertiary/aromatic N) is 1. The largest absolute Gasteiger partial charge is 0.309 e. The minimum absolute atomic E-state index is 0.533. The number of hydrogen-bond donors (Lipinski definition) is 1. The predicted molar refractivity (Wildman–Crippen MR) is 71.2 cm³/mol. The van der Waals surface area contributed by atoms with Gasteiger partial charge in [0.15, 0.2) is 0 Å². The first-order valence-electron chi connectivity index (χ1n) is 6.86. The highest BCUT2D eigenvalue weighted by Gasteiger charge is 2.26. The Kier molecular flexibility index (Phi) is 3.17. The van der Waals surface area contributed by atoms with Crippen molar-refractivity contribution in [1.29, 1.82) is 0 Å². The highest BCUT2D eigenvalue weighted by atomic mass is 15.2. The van der Waals surface area contributed by atoms with Crippen molar-refractivity contribution in [2.24, 2.45) is 0 Å². The summed E-state index contributed by atoms with van der Waals surface area (Å²) in [4.78, 5) is 2.54. The topological polar surface area (TPSA) is 15.3 Å². The van der Waals surface area contributed by atoms with Crippen molar-refractivity contribution in [2.75, 3.05) is 20.1 Å². The highest BCUT2D eigenvalue weighted by molar-refractivity contribution is 5.32. The molecule has 1 aliphatic carbocycles. The van der Waals surface area contributed by atoms with Crippen molar-refractivity contribution < 1.29 is 0 Å². The molecule has 1 aromatic carbocycles. The molecule has 1 aromatic rings. The molecule has 2 heteroatoms. The minimum Gasteiger partial charge on any atom is -0.309 e. The van der Waals surface area contributed by atoms with E-state index in [4.69, 9.17) is 0 Å². The van der Waals surface area contributed by atoms with Gasteiger partial charge in [-0.25, -0.2) is 0 Å². The van der Waals surface area contributed by atoms with Gasteiger partial charge in [-0.3, -0.25) is 0 Å². The summed E-state index contributed by atoms with van der Waals surface area (Å²) in [7, 11) is 2.28. The van der Waals surface area contributed by atoms with Crippen molar-refractivity contribution in [3.8, 4) is 0 Å². The standard InChI is InChI=1S/C15H22N2/c1-17(13-6-4-7-13)11-15-14-8-3-2-5-12(14)9-10-16-15/h2-3,5,8,13,15-16H,4,6-7,9-11H2,1H3. The summed E-state index contributed by atoms with van der Waals surface area (Å²) in [5.74, 6) is 0. The third kappa shape index (κ3) is 2.24. The van der Waals surface area contributed by atoms with E-state index in [2.05, 4.69) is 41.5 Å². The van der Waals surface area contributed by atoms with Crippen LogP contribution >= 0.6 is 0 Å². The van der Waals surface area contributed by atoms with Crippen LogP contribution in [-0.4, -0.2) is 31.1 Å². The van der Waals surface area contributed by atoms with Gasteiger partial charge in [0.2, 0.25) is 0 Å². The maximum absolute atomic E-state index is 3.67. The summed E-state index contributed by atoms with van der Waals surface area (Å²) in [6.07, 6.45) is 5.39. The van der Waals surface area contributed by atoms with Gasteiger partial charge in [-0.05, 0) is 44.0 Å². The first kappa shape index (κ1) is 11.2. The zero-order valence-corrected chi connectivity index (χ0v) is 10.7. The number of rotatable bonds is 3. The molecule has 0 bridgehead atoms. The Hall–Kier alpha value is -0.860. The van der Waals surface area contributed by atoms with Gasteiger partial charge < -0.3 is 10.2 Å². The molecule has 2 nitrogen and oxygen atoms in total. The Bertz CT molecular complexity index is 384. The van der Waals surface area contributed by atoms with Crippen LogP contribution in [0.2, 0.25) is 0 Å². The molecule has 1 fully saturated rings. The van der Waals surface area contributed by atoms with Crippen LogP contribution in [0.5, 0.6) is 0 Å². The number of nitrogens with one attached hydrogen (secondary N) is 1. The monoisotopic (exact) mass is 230 g/mol. The Balaban J connectivity index is 1.71. The normalized spacial score (nSPS) is 24.5. The molecule has 92 valence electrons. The number of fused-ring (bicyclic) bond motifs is 1. The summed E-state index contributed by atoms with van der Waals surface area (Å²) < 4.78 is 0. The van der Waals surface area contributed by atoms with Gasteiger partial charge in [0, 0.05) is 18.6 Å². The molecule has 3 rings (SSSR count). The van der Waals surface area contributed by atoms with Crippen LogP contribution in [-0.2, 0) is 6.42 Å². The molecular formula is C15H22N2. The molecule has 1 aliphatic heterocycles. The molecule has 0 aromatic heterocycles. The van der Waals surface area contributed by atoms with E-state index in [1.807, 2.05) is 0 Å². The first-order valence-corrected chi connectivity index (χ1v) is 6.86. The van der Waals surface area contributed by atoms with Crippen molar-refractivity contribution in [3.63, 3.8) is 0 Å². The zero-order chi connectivity index (χ0) is 11.7. The van der Waals surface area contributed by atoms with Crippen LogP contribution in [0.4, 0.5) is 0 Å². The molecule has 2 aliphatic rings. The Morgan fingerprint density at radius 3 is 2.88 bits per heavy atom. The van der Waals surface area contributed by atoms with E-state index in [-0.39, 0.29) is 0 Å². The smallest absolute Gasteiger partial charge is 0.0452 e. The molecule has 1 saturated carbocycles.